The van der Waals surface area contributed by atoms with E-state index in [-0.39, 0.29) is 18.0 Å². The van der Waals surface area contributed by atoms with Gasteiger partial charge in [0.15, 0.2) is 0 Å². The zero-order valence-electron chi connectivity index (χ0n) is 15.7. The minimum atomic E-state index is -3.62. The molecule has 8 heteroatoms. The molecular weight excluding hydrogens is 352 g/mol. The molecule has 0 radical (unpaired) electrons. The monoisotopic (exact) mass is 380 g/mol. The van der Waals surface area contributed by atoms with E-state index in [9.17, 15) is 13.2 Å². The summed E-state index contributed by atoms with van der Waals surface area (Å²) in [5, 5.41) is 2.62. The normalized spacial score (nSPS) is 22.7. The Morgan fingerprint density at radius 3 is 2.65 bits per heavy atom. The van der Waals surface area contributed by atoms with Crippen molar-refractivity contribution in [3.63, 3.8) is 0 Å². The van der Waals surface area contributed by atoms with Crippen LogP contribution in [0.25, 0.3) is 0 Å². The van der Waals surface area contributed by atoms with Gasteiger partial charge < -0.3 is 15.1 Å². The second kappa shape index (κ2) is 7.54. The first-order chi connectivity index (χ1) is 12.3. The first-order valence-electron chi connectivity index (χ1n) is 9.05. The van der Waals surface area contributed by atoms with Gasteiger partial charge in [-0.1, -0.05) is 6.07 Å². The molecule has 7 nitrogen and oxygen atoms in total. The first-order valence-corrected chi connectivity index (χ1v) is 10.5. The summed E-state index contributed by atoms with van der Waals surface area (Å²) in [6.07, 6.45) is 3.05. The SMILES string of the molecule is CNC(=O)N1C[C@@H](CN(C)C)[C@H](NS(=O)(=O)c2ccc3c(c2)CCC3)C1. The highest BCUT2D eigenvalue weighted by atomic mass is 32.2. The van der Waals surface area contributed by atoms with Gasteiger partial charge in [-0.05, 0) is 56.6 Å². The molecule has 0 unspecified atom stereocenters. The predicted molar refractivity (Wildman–Crippen MR) is 101 cm³/mol. The van der Waals surface area contributed by atoms with Crippen molar-refractivity contribution in [2.24, 2.45) is 5.92 Å². The number of hydrogen-bond acceptors (Lipinski definition) is 4. The smallest absolute Gasteiger partial charge is 0.317 e. The second-order valence-electron chi connectivity index (χ2n) is 7.49. The van der Waals surface area contributed by atoms with Gasteiger partial charge in [-0.2, -0.15) is 0 Å². The Kier molecular flexibility index (Phi) is 5.55. The van der Waals surface area contributed by atoms with Crippen LogP contribution in [0.1, 0.15) is 17.5 Å². The van der Waals surface area contributed by atoms with Crippen molar-refractivity contribution < 1.29 is 13.2 Å². The Morgan fingerprint density at radius 2 is 1.96 bits per heavy atom. The molecule has 0 spiro atoms. The number of fused-ring (bicyclic) bond motifs is 1. The van der Waals surface area contributed by atoms with Gasteiger partial charge in [0.05, 0.1) is 4.90 Å². The van der Waals surface area contributed by atoms with Crippen LogP contribution in [0.15, 0.2) is 23.1 Å². The van der Waals surface area contributed by atoms with Gasteiger partial charge in [-0.15, -0.1) is 0 Å². The van der Waals surface area contributed by atoms with Gasteiger partial charge >= 0.3 is 6.03 Å². The molecule has 0 saturated carbocycles. The van der Waals surface area contributed by atoms with Crippen LogP contribution in [0.5, 0.6) is 0 Å². The lowest BCUT2D eigenvalue weighted by Crippen LogP contribution is -2.43. The second-order valence-corrected chi connectivity index (χ2v) is 9.21. The Morgan fingerprint density at radius 1 is 1.23 bits per heavy atom. The van der Waals surface area contributed by atoms with Crippen LogP contribution in [0.3, 0.4) is 0 Å². The minimum Gasteiger partial charge on any atom is -0.341 e. The number of rotatable bonds is 5. The van der Waals surface area contributed by atoms with Gasteiger partial charge in [-0.3, -0.25) is 0 Å². The fraction of sp³-hybridized carbons (Fsp3) is 0.611. The van der Waals surface area contributed by atoms with Crippen molar-refractivity contribution in [2.45, 2.75) is 30.2 Å². The highest BCUT2D eigenvalue weighted by Crippen LogP contribution is 2.26. The van der Waals surface area contributed by atoms with E-state index in [1.165, 1.54) is 5.56 Å². The van der Waals surface area contributed by atoms with Crippen LogP contribution in [-0.2, 0) is 22.9 Å². The Balaban J connectivity index is 1.78. The summed E-state index contributed by atoms with van der Waals surface area (Å²) >= 11 is 0. The topological polar surface area (TPSA) is 81.8 Å². The van der Waals surface area contributed by atoms with Crippen LogP contribution in [0.2, 0.25) is 0 Å². The van der Waals surface area contributed by atoms with Crippen molar-refractivity contribution >= 4 is 16.1 Å². The van der Waals surface area contributed by atoms with Gasteiger partial charge in [0.1, 0.15) is 0 Å². The molecule has 144 valence electrons. The average Bonchev–Trinajstić information content (AvgIpc) is 3.20. The summed E-state index contributed by atoms with van der Waals surface area (Å²) < 4.78 is 28.7. The average molecular weight is 381 g/mol. The van der Waals surface area contributed by atoms with Gasteiger partial charge in [-0.25, -0.2) is 17.9 Å². The van der Waals surface area contributed by atoms with Crippen LogP contribution in [0.4, 0.5) is 4.79 Å². The summed E-state index contributed by atoms with van der Waals surface area (Å²) in [4.78, 5) is 16.0. The molecule has 1 fully saturated rings. The fourth-order valence-corrected chi connectivity index (χ4v) is 5.31. The minimum absolute atomic E-state index is 0.0477. The molecule has 26 heavy (non-hydrogen) atoms. The van der Waals surface area contributed by atoms with E-state index in [0.29, 0.717) is 24.5 Å². The number of amides is 2. The molecule has 1 aromatic carbocycles. The lowest BCUT2D eigenvalue weighted by atomic mass is 10.0. The third-order valence-electron chi connectivity index (χ3n) is 5.23. The zero-order chi connectivity index (χ0) is 18.9. The quantitative estimate of drug-likeness (QED) is 0.786. The van der Waals surface area contributed by atoms with Crippen LogP contribution in [0, 0.1) is 5.92 Å². The van der Waals surface area contributed by atoms with Crippen LogP contribution >= 0.6 is 0 Å². The summed E-state index contributed by atoms with van der Waals surface area (Å²) in [6, 6.07) is 4.95. The van der Waals surface area contributed by atoms with E-state index in [0.717, 1.165) is 24.8 Å². The highest BCUT2D eigenvalue weighted by Gasteiger charge is 2.37. The highest BCUT2D eigenvalue weighted by molar-refractivity contribution is 7.89. The molecule has 0 bridgehead atoms. The molecule has 1 aliphatic carbocycles. The number of carbonyl (C=O) groups excluding carboxylic acids is 1. The standard InChI is InChI=1S/C18H28N4O3S/c1-19-18(23)22-11-15(10-21(2)3)17(12-22)20-26(24,25)16-8-7-13-5-4-6-14(13)9-16/h7-9,15,17,20H,4-6,10-12H2,1-3H3,(H,19,23)/t15-,17-/m1/s1. The summed E-state index contributed by atoms with van der Waals surface area (Å²) in [7, 11) is 1.88. The summed E-state index contributed by atoms with van der Waals surface area (Å²) in [6.45, 7) is 1.63. The molecule has 1 aromatic rings. The fourth-order valence-electron chi connectivity index (χ4n) is 3.97. The molecule has 0 aromatic heterocycles. The lowest BCUT2D eigenvalue weighted by molar-refractivity contribution is 0.207. The lowest BCUT2D eigenvalue weighted by Gasteiger charge is -2.22. The molecule has 3 rings (SSSR count). The number of nitrogens with one attached hydrogen (secondary N) is 2. The Labute approximate surface area is 155 Å². The number of aryl methyl sites for hydroxylation is 2. The maximum Gasteiger partial charge on any atom is 0.317 e. The number of nitrogens with zero attached hydrogens (tertiary/aromatic N) is 2. The van der Waals surface area contributed by atoms with Crippen LogP contribution in [-0.4, -0.2) is 71.1 Å². The largest absolute Gasteiger partial charge is 0.341 e. The van der Waals surface area contributed by atoms with Crippen LogP contribution < -0.4 is 10.0 Å². The zero-order valence-corrected chi connectivity index (χ0v) is 16.5. The van der Waals surface area contributed by atoms with Crippen molar-refractivity contribution in [2.75, 3.05) is 40.8 Å². The number of hydrogen-bond donors (Lipinski definition) is 2. The van der Waals surface area contributed by atoms with Gasteiger partial charge in [0.25, 0.3) is 0 Å². The molecule has 1 saturated heterocycles. The van der Waals surface area contributed by atoms with Crippen molar-refractivity contribution in [3.05, 3.63) is 29.3 Å². The van der Waals surface area contributed by atoms with E-state index < -0.39 is 10.0 Å². The number of sulfonamides is 1. The van der Waals surface area contributed by atoms with Gasteiger partial charge in [0, 0.05) is 38.6 Å². The van der Waals surface area contributed by atoms with E-state index in [2.05, 4.69) is 10.0 Å². The molecule has 1 aliphatic heterocycles. The van der Waals surface area contributed by atoms with E-state index in [4.69, 9.17) is 0 Å². The molecule has 1 heterocycles. The Bertz CT molecular complexity index is 779. The van der Waals surface area contributed by atoms with Gasteiger partial charge in [0.2, 0.25) is 10.0 Å². The molecular formula is C18H28N4O3S. The Hall–Kier alpha value is -1.64. The maximum atomic E-state index is 12.9. The number of benzene rings is 1. The summed E-state index contributed by atoms with van der Waals surface area (Å²) in [5.74, 6) is 0.0477. The van der Waals surface area contributed by atoms with Crippen molar-refractivity contribution in [3.8, 4) is 0 Å². The number of carbonyl (C=O) groups is 1. The summed E-state index contributed by atoms with van der Waals surface area (Å²) in [5.41, 5.74) is 2.39. The van der Waals surface area contributed by atoms with Crippen molar-refractivity contribution in [1.82, 2.24) is 19.8 Å². The molecule has 2 aliphatic rings. The van der Waals surface area contributed by atoms with E-state index in [1.807, 2.05) is 25.1 Å². The third-order valence-corrected chi connectivity index (χ3v) is 6.72. The molecule has 2 N–H and O–H groups in total. The van der Waals surface area contributed by atoms with E-state index in [1.54, 1.807) is 24.1 Å². The maximum absolute atomic E-state index is 12.9. The molecule has 2 atom stereocenters. The predicted octanol–water partition coefficient (Wildman–Crippen LogP) is 0.655. The number of likely N-dealkylation sites (tertiary alicyclic amines) is 1. The van der Waals surface area contributed by atoms with Crippen molar-refractivity contribution in [1.29, 1.82) is 0 Å². The number of urea groups is 1. The van der Waals surface area contributed by atoms with E-state index >= 15 is 0 Å². The first kappa shape index (κ1) is 19.1. The third kappa shape index (κ3) is 4.02. The molecule has 2 amide bonds.